The van der Waals surface area contributed by atoms with Crippen LogP contribution in [0.2, 0.25) is 0 Å². The van der Waals surface area contributed by atoms with Gasteiger partial charge in [-0.2, -0.15) is 0 Å². The predicted octanol–water partition coefficient (Wildman–Crippen LogP) is 3.35. The van der Waals surface area contributed by atoms with Crippen LogP contribution in [0.4, 0.5) is 4.39 Å². The topological polar surface area (TPSA) is 25.2 Å². The summed E-state index contributed by atoms with van der Waals surface area (Å²) in [6.07, 6.45) is 2.51. The van der Waals surface area contributed by atoms with E-state index in [-0.39, 0.29) is 5.82 Å². The molecule has 18 heavy (non-hydrogen) atoms. The molecule has 1 heterocycles. The van der Waals surface area contributed by atoms with E-state index in [2.05, 4.69) is 12.2 Å². The molecule has 0 saturated carbocycles. The molecular formula is C15H18FNO. The molecule has 96 valence electrons. The van der Waals surface area contributed by atoms with Crippen molar-refractivity contribution in [3.05, 3.63) is 59.8 Å². The van der Waals surface area contributed by atoms with Gasteiger partial charge in [0.05, 0.1) is 6.26 Å². The lowest BCUT2D eigenvalue weighted by atomic mass is 9.94. The van der Waals surface area contributed by atoms with Crippen LogP contribution in [0.25, 0.3) is 0 Å². The summed E-state index contributed by atoms with van der Waals surface area (Å²) in [6, 6.07) is 10.6. The molecule has 1 aromatic carbocycles. The molecule has 0 spiro atoms. The van der Waals surface area contributed by atoms with Gasteiger partial charge in [0.1, 0.15) is 11.6 Å². The Kier molecular flexibility index (Phi) is 4.53. The highest BCUT2D eigenvalue weighted by atomic mass is 19.1. The Hall–Kier alpha value is -1.61. The Bertz CT molecular complexity index is 450. The van der Waals surface area contributed by atoms with E-state index in [0.717, 1.165) is 30.8 Å². The fraction of sp³-hybridized carbons (Fsp3) is 0.333. The largest absolute Gasteiger partial charge is 0.469 e. The Balaban J connectivity index is 2.11. The Morgan fingerprint density at radius 1 is 1.22 bits per heavy atom. The summed E-state index contributed by atoms with van der Waals surface area (Å²) in [4.78, 5) is 0. The zero-order chi connectivity index (χ0) is 12.8. The van der Waals surface area contributed by atoms with Crippen molar-refractivity contribution in [1.29, 1.82) is 0 Å². The molecule has 2 nitrogen and oxygen atoms in total. The van der Waals surface area contributed by atoms with Crippen LogP contribution in [0.5, 0.6) is 0 Å². The minimum absolute atomic E-state index is 0.195. The van der Waals surface area contributed by atoms with Gasteiger partial charge in [0, 0.05) is 18.9 Å². The number of furan rings is 1. The first-order chi connectivity index (χ1) is 8.79. The van der Waals surface area contributed by atoms with Crippen molar-refractivity contribution in [3.8, 4) is 0 Å². The minimum Gasteiger partial charge on any atom is -0.469 e. The van der Waals surface area contributed by atoms with Crippen molar-refractivity contribution in [1.82, 2.24) is 5.32 Å². The summed E-state index contributed by atoms with van der Waals surface area (Å²) >= 11 is 0. The highest BCUT2D eigenvalue weighted by Crippen LogP contribution is 2.21. The van der Waals surface area contributed by atoms with Gasteiger partial charge in [-0.25, -0.2) is 4.39 Å². The van der Waals surface area contributed by atoms with Crippen molar-refractivity contribution in [3.63, 3.8) is 0 Å². The third-order valence-corrected chi connectivity index (χ3v) is 3.01. The van der Waals surface area contributed by atoms with Gasteiger partial charge in [0.25, 0.3) is 0 Å². The van der Waals surface area contributed by atoms with Crippen LogP contribution in [0.15, 0.2) is 47.1 Å². The summed E-state index contributed by atoms with van der Waals surface area (Å²) in [5, 5.41) is 3.34. The number of benzene rings is 1. The second kappa shape index (κ2) is 6.36. The van der Waals surface area contributed by atoms with E-state index in [4.69, 9.17) is 4.42 Å². The number of likely N-dealkylation sites (N-methyl/N-ethyl adjacent to an activating group) is 1. The predicted molar refractivity (Wildman–Crippen MR) is 70.1 cm³/mol. The lowest BCUT2D eigenvalue weighted by Crippen LogP contribution is -2.22. The van der Waals surface area contributed by atoms with Gasteiger partial charge in [-0.3, -0.25) is 0 Å². The van der Waals surface area contributed by atoms with Crippen molar-refractivity contribution in [2.75, 3.05) is 13.1 Å². The smallest absolute Gasteiger partial charge is 0.123 e. The van der Waals surface area contributed by atoms with E-state index in [1.165, 1.54) is 12.1 Å². The Labute approximate surface area is 107 Å². The highest BCUT2D eigenvalue weighted by Gasteiger charge is 2.13. The van der Waals surface area contributed by atoms with E-state index in [0.29, 0.717) is 5.92 Å². The van der Waals surface area contributed by atoms with E-state index in [9.17, 15) is 4.39 Å². The normalized spacial score (nSPS) is 12.6. The summed E-state index contributed by atoms with van der Waals surface area (Å²) in [6.45, 7) is 3.87. The standard InChI is InChI=1S/C15H18FNO/c1-2-17-11-13(10-15-4-3-9-18-15)12-5-7-14(16)8-6-12/h3-9,13,17H,2,10-11H2,1H3. The first-order valence-corrected chi connectivity index (χ1v) is 6.28. The van der Waals surface area contributed by atoms with Gasteiger partial charge >= 0.3 is 0 Å². The Morgan fingerprint density at radius 3 is 2.61 bits per heavy atom. The van der Waals surface area contributed by atoms with Crippen LogP contribution in [0.1, 0.15) is 24.2 Å². The average Bonchev–Trinajstić information content (AvgIpc) is 2.88. The zero-order valence-electron chi connectivity index (χ0n) is 10.5. The van der Waals surface area contributed by atoms with E-state index >= 15 is 0 Å². The SMILES string of the molecule is CCNCC(Cc1ccco1)c1ccc(F)cc1. The number of halogens is 1. The molecule has 0 radical (unpaired) electrons. The van der Waals surface area contributed by atoms with E-state index in [1.807, 2.05) is 24.3 Å². The summed E-state index contributed by atoms with van der Waals surface area (Å²) in [5.41, 5.74) is 1.13. The first kappa shape index (κ1) is 12.8. The molecule has 1 aromatic heterocycles. The second-order valence-electron chi connectivity index (χ2n) is 4.34. The van der Waals surface area contributed by atoms with Crippen LogP contribution in [-0.4, -0.2) is 13.1 Å². The zero-order valence-corrected chi connectivity index (χ0v) is 10.5. The lowest BCUT2D eigenvalue weighted by Gasteiger charge is -2.16. The summed E-state index contributed by atoms with van der Waals surface area (Å²) in [5.74, 6) is 1.07. The van der Waals surface area contributed by atoms with Crippen molar-refractivity contribution in [2.45, 2.75) is 19.3 Å². The number of hydrogen-bond donors (Lipinski definition) is 1. The molecule has 1 N–H and O–H groups in total. The van der Waals surface area contributed by atoms with Crippen molar-refractivity contribution >= 4 is 0 Å². The molecule has 1 atom stereocenters. The van der Waals surface area contributed by atoms with Crippen LogP contribution in [-0.2, 0) is 6.42 Å². The molecule has 0 aliphatic heterocycles. The maximum Gasteiger partial charge on any atom is 0.123 e. The van der Waals surface area contributed by atoms with E-state index < -0.39 is 0 Å². The van der Waals surface area contributed by atoms with Crippen LogP contribution in [0, 0.1) is 5.82 Å². The van der Waals surface area contributed by atoms with Gasteiger partial charge in [-0.1, -0.05) is 19.1 Å². The van der Waals surface area contributed by atoms with Crippen LogP contribution < -0.4 is 5.32 Å². The van der Waals surface area contributed by atoms with Gasteiger partial charge in [0.2, 0.25) is 0 Å². The van der Waals surface area contributed by atoms with Crippen LogP contribution in [0.3, 0.4) is 0 Å². The molecule has 2 aromatic rings. The molecule has 0 bridgehead atoms. The molecular weight excluding hydrogens is 229 g/mol. The summed E-state index contributed by atoms with van der Waals surface area (Å²) < 4.78 is 18.3. The van der Waals surface area contributed by atoms with Gasteiger partial charge in [-0.05, 0) is 36.4 Å². The third kappa shape index (κ3) is 3.44. The van der Waals surface area contributed by atoms with Gasteiger partial charge in [-0.15, -0.1) is 0 Å². The number of nitrogens with one attached hydrogen (secondary N) is 1. The highest BCUT2D eigenvalue weighted by molar-refractivity contribution is 5.22. The molecule has 1 unspecified atom stereocenters. The Morgan fingerprint density at radius 2 is 2.00 bits per heavy atom. The molecule has 0 aliphatic rings. The van der Waals surface area contributed by atoms with Gasteiger partial charge < -0.3 is 9.73 Å². The number of rotatable bonds is 6. The first-order valence-electron chi connectivity index (χ1n) is 6.28. The quantitative estimate of drug-likeness (QED) is 0.846. The molecule has 2 rings (SSSR count). The molecule has 0 fully saturated rings. The maximum absolute atomic E-state index is 12.9. The number of hydrogen-bond acceptors (Lipinski definition) is 2. The van der Waals surface area contributed by atoms with Crippen molar-refractivity contribution < 1.29 is 8.81 Å². The second-order valence-corrected chi connectivity index (χ2v) is 4.34. The fourth-order valence-electron chi connectivity index (χ4n) is 2.03. The molecule has 3 heteroatoms. The fourth-order valence-corrected chi connectivity index (χ4v) is 2.03. The maximum atomic E-state index is 12.9. The van der Waals surface area contributed by atoms with Crippen molar-refractivity contribution in [2.24, 2.45) is 0 Å². The molecule has 0 saturated heterocycles. The lowest BCUT2D eigenvalue weighted by molar-refractivity contribution is 0.475. The van der Waals surface area contributed by atoms with Crippen LogP contribution >= 0.6 is 0 Å². The minimum atomic E-state index is -0.195. The monoisotopic (exact) mass is 247 g/mol. The third-order valence-electron chi connectivity index (χ3n) is 3.01. The summed E-state index contributed by atoms with van der Waals surface area (Å²) in [7, 11) is 0. The average molecular weight is 247 g/mol. The van der Waals surface area contributed by atoms with Gasteiger partial charge in [0.15, 0.2) is 0 Å². The molecule has 0 aliphatic carbocycles. The molecule has 0 amide bonds. The van der Waals surface area contributed by atoms with E-state index in [1.54, 1.807) is 6.26 Å².